The maximum absolute atomic E-state index is 12.3. The zero-order valence-electron chi connectivity index (χ0n) is 14.2. The van der Waals surface area contributed by atoms with Crippen LogP contribution in [0.4, 0.5) is 5.00 Å². The van der Waals surface area contributed by atoms with E-state index in [1.807, 2.05) is 5.38 Å². The summed E-state index contributed by atoms with van der Waals surface area (Å²) in [6.45, 7) is 1.55. The van der Waals surface area contributed by atoms with E-state index in [9.17, 15) is 14.4 Å². The minimum absolute atomic E-state index is 0.260. The van der Waals surface area contributed by atoms with Gasteiger partial charge in [0.25, 0.3) is 5.91 Å². The smallest absolute Gasteiger partial charge is 0.341 e. The topological polar surface area (TPSA) is 94.6 Å². The molecule has 1 N–H and O–H groups in total. The average Bonchev–Trinajstić information content (AvgIpc) is 3.41. The molecular formula is C18H18N2O5S. The second-order valence-corrected chi connectivity index (χ2v) is 6.63. The van der Waals surface area contributed by atoms with Crippen LogP contribution in [0.5, 0.6) is 0 Å². The van der Waals surface area contributed by atoms with Crippen molar-refractivity contribution >= 4 is 34.2 Å². The first-order chi connectivity index (χ1) is 12.6. The SMILES string of the molecule is CCOC(=O)c1c(C2CC2)csc1NC(=O)COC(=O)c1ccncc1. The Labute approximate surface area is 154 Å². The van der Waals surface area contributed by atoms with E-state index in [0.29, 0.717) is 22.0 Å². The maximum Gasteiger partial charge on any atom is 0.341 e. The minimum Gasteiger partial charge on any atom is -0.462 e. The molecule has 1 saturated carbocycles. The summed E-state index contributed by atoms with van der Waals surface area (Å²) in [7, 11) is 0. The molecule has 2 aromatic rings. The molecule has 136 valence electrons. The number of rotatable bonds is 7. The van der Waals surface area contributed by atoms with Gasteiger partial charge in [-0.05, 0) is 48.8 Å². The van der Waals surface area contributed by atoms with Gasteiger partial charge in [-0.25, -0.2) is 9.59 Å². The van der Waals surface area contributed by atoms with E-state index in [1.165, 1.54) is 35.9 Å². The molecule has 1 fully saturated rings. The molecule has 0 spiro atoms. The van der Waals surface area contributed by atoms with Gasteiger partial charge < -0.3 is 14.8 Å². The van der Waals surface area contributed by atoms with Gasteiger partial charge in [0, 0.05) is 12.4 Å². The van der Waals surface area contributed by atoms with E-state index in [0.717, 1.165) is 18.4 Å². The third kappa shape index (κ3) is 4.26. The van der Waals surface area contributed by atoms with Crippen LogP contribution in [0.15, 0.2) is 29.9 Å². The second-order valence-electron chi connectivity index (χ2n) is 5.75. The third-order valence-electron chi connectivity index (χ3n) is 3.82. The number of aromatic nitrogens is 1. The van der Waals surface area contributed by atoms with Crippen LogP contribution in [0.1, 0.15) is 52.0 Å². The van der Waals surface area contributed by atoms with Gasteiger partial charge >= 0.3 is 11.9 Å². The van der Waals surface area contributed by atoms with E-state index in [2.05, 4.69) is 10.3 Å². The van der Waals surface area contributed by atoms with Crippen molar-refractivity contribution < 1.29 is 23.9 Å². The van der Waals surface area contributed by atoms with Crippen molar-refractivity contribution in [2.24, 2.45) is 0 Å². The highest BCUT2D eigenvalue weighted by atomic mass is 32.1. The summed E-state index contributed by atoms with van der Waals surface area (Å²) in [5, 5.41) is 4.95. The number of amides is 1. The highest BCUT2D eigenvalue weighted by molar-refractivity contribution is 7.15. The molecule has 0 aliphatic heterocycles. The lowest BCUT2D eigenvalue weighted by Crippen LogP contribution is -2.22. The molecule has 1 amide bonds. The van der Waals surface area contributed by atoms with E-state index in [1.54, 1.807) is 6.92 Å². The number of nitrogens with one attached hydrogen (secondary N) is 1. The predicted octanol–water partition coefficient (Wildman–Crippen LogP) is 2.99. The highest BCUT2D eigenvalue weighted by Gasteiger charge is 2.32. The predicted molar refractivity (Wildman–Crippen MR) is 95.4 cm³/mol. The summed E-state index contributed by atoms with van der Waals surface area (Å²) >= 11 is 1.28. The molecule has 2 aromatic heterocycles. The summed E-state index contributed by atoms with van der Waals surface area (Å²) < 4.78 is 10.1. The number of thiophene rings is 1. The molecule has 0 bridgehead atoms. The van der Waals surface area contributed by atoms with Crippen LogP contribution in [0.25, 0.3) is 0 Å². The van der Waals surface area contributed by atoms with Gasteiger partial charge in [0.2, 0.25) is 0 Å². The van der Waals surface area contributed by atoms with Crippen LogP contribution in [-0.2, 0) is 14.3 Å². The first-order valence-electron chi connectivity index (χ1n) is 8.25. The quantitative estimate of drug-likeness (QED) is 0.749. The highest BCUT2D eigenvalue weighted by Crippen LogP contribution is 2.46. The lowest BCUT2D eigenvalue weighted by molar-refractivity contribution is -0.119. The fourth-order valence-electron chi connectivity index (χ4n) is 2.44. The van der Waals surface area contributed by atoms with Crippen LogP contribution in [-0.4, -0.2) is 36.0 Å². The summed E-state index contributed by atoms with van der Waals surface area (Å²) in [6.07, 6.45) is 4.99. The molecule has 8 heteroatoms. The summed E-state index contributed by atoms with van der Waals surface area (Å²) in [4.78, 5) is 40.1. The first-order valence-corrected chi connectivity index (χ1v) is 9.13. The Kier molecular flexibility index (Phi) is 5.62. The number of esters is 2. The Morgan fingerprint density at radius 3 is 2.58 bits per heavy atom. The molecule has 0 aromatic carbocycles. The Balaban J connectivity index is 1.64. The van der Waals surface area contributed by atoms with Crippen LogP contribution < -0.4 is 5.32 Å². The van der Waals surface area contributed by atoms with Crippen molar-refractivity contribution in [2.45, 2.75) is 25.7 Å². The number of nitrogens with zero attached hydrogens (tertiary/aromatic N) is 1. The number of carbonyl (C=O) groups is 3. The number of pyridine rings is 1. The van der Waals surface area contributed by atoms with E-state index < -0.39 is 24.5 Å². The molecule has 0 atom stereocenters. The van der Waals surface area contributed by atoms with Gasteiger partial charge in [-0.15, -0.1) is 11.3 Å². The van der Waals surface area contributed by atoms with Crippen LogP contribution in [0.2, 0.25) is 0 Å². The van der Waals surface area contributed by atoms with E-state index in [-0.39, 0.29) is 6.61 Å². The van der Waals surface area contributed by atoms with Crippen molar-refractivity contribution in [3.8, 4) is 0 Å². The van der Waals surface area contributed by atoms with Gasteiger partial charge in [-0.1, -0.05) is 0 Å². The van der Waals surface area contributed by atoms with Crippen molar-refractivity contribution in [1.29, 1.82) is 0 Å². The first kappa shape index (κ1) is 18.1. The summed E-state index contributed by atoms with van der Waals surface area (Å²) in [5.41, 5.74) is 1.64. The van der Waals surface area contributed by atoms with Gasteiger partial charge in [0.15, 0.2) is 6.61 Å². The van der Waals surface area contributed by atoms with Gasteiger partial charge in [0.05, 0.1) is 17.7 Å². The Morgan fingerprint density at radius 2 is 1.92 bits per heavy atom. The van der Waals surface area contributed by atoms with Crippen molar-refractivity contribution in [3.05, 3.63) is 46.6 Å². The molecule has 1 aliphatic carbocycles. The molecule has 2 heterocycles. The zero-order valence-corrected chi connectivity index (χ0v) is 15.0. The molecule has 26 heavy (non-hydrogen) atoms. The molecule has 0 radical (unpaired) electrons. The normalized spacial score (nSPS) is 13.1. The van der Waals surface area contributed by atoms with E-state index >= 15 is 0 Å². The van der Waals surface area contributed by atoms with Gasteiger partial charge in [0.1, 0.15) is 5.00 Å². The molecule has 3 rings (SSSR count). The summed E-state index contributed by atoms with van der Waals surface area (Å²) in [5.74, 6) is -1.22. The van der Waals surface area contributed by atoms with Crippen molar-refractivity contribution in [3.63, 3.8) is 0 Å². The molecular weight excluding hydrogens is 356 g/mol. The third-order valence-corrected chi connectivity index (χ3v) is 4.73. The van der Waals surface area contributed by atoms with Crippen LogP contribution in [0, 0.1) is 0 Å². The Hall–Kier alpha value is -2.74. The lowest BCUT2D eigenvalue weighted by Gasteiger charge is -2.08. The molecule has 7 nitrogen and oxygen atoms in total. The second kappa shape index (κ2) is 8.09. The van der Waals surface area contributed by atoms with Crippen LogP contribution in [0.3, 0.4) is 0 Å². The van der Waals surface area contributed by atoms with Crippen LogP contribution >= 0.6 is 11.3 Å². The largest absolute Gasteiger partial charge is 0.462 e. The minimum atomic E-state index is -0.613. The van der Waals surface area contributed by atoms with Crippen molar-refractivity contribution in [1.82, 2.24) is 4.98 Å². The van der Waals surface area contributed by atoms with Crippen molar-refractivity contribution in [2.75, 3.05) is 18.5 Å². The van der Waals surface area contributed by atoms with Gasteiger partial charge in [-0.2, -0.15) is 0 Å². The number of anilines is 1. The number of hydrogen-bond donors (Lipinski definition) is 1. The van der Waals surface area contributed by atoms with E-state index in [4.69, 9.17) is 9.47 Å². The Bertz CT molecular complexity index is 814. The summed E-state index contributed by atoms with van der Waals surface area (Å²) in [6, 6.07) is 3.00. The van der Waals surface area contributed by atoms with Gasteiger partial charge in [-0.3, -0.25) is 9.78 Å². The fourth-order valence-corrected chi connectivity index (χ4v) is 3.48. The number of ether oxygens (including phenoxy) is 2. The fraction of sp³-hybridized carbons (Fsp3) is 0.333. The lowest BCUT2D eigenvalue weighted by atomic mass is 10.1. The molecule has 1 aliphatic rings. The molecule has 0 unspecified atom stereocenters. The standard InChI is InChI=1S/C18H18N2O5S/c1-2-24-18(23)15-13(11-3-4-11)10-26-16(15)20-14(21)9-25-17(22)12-5-7-19-8-6-12/h5-8,10-11H,2-4,9H2,1H3,(H,20,21). The number of hydrogen-bond acceptors (Lipinski definition) is 7. The average molecular weight is 374 g/mol. The maximum atomic E-state index is 12.3. The molecule has 0 saturated heterocycles. The Morgan fingerprint density at radius 1 is 1.19 bits per heavy atom. The zero-order chi connectivity index (χ0) is 18.5. The number of carbonyl (C=O) groups excluding carboxylic acids is 3. The monoisotopic (exact) mass is 374 g/mol.